The highest BCUT2D eigenvalue weighted by Crippen LogP contribution is 2.10. The molecule has 3 aromatic carbocycles. The normalized spacial score (nSPS) is 9.62. The van der Waals surface area contributed by atoms with E-state index in [1.54, 1.807) is 78.9 Å². The third-order valence-electron chi connectivity index (χ3n) is 3.93. The van der Waals surface area contributed by atoms with E-state index in [0.717, 1.165) is 0 Å². The summed E-state index contributed by atoms with van der Waals surface area (Å²) in [6.07, 6.45) is -1.52. The Morgan fingerprint density at radius 3 is 1.65 bits per heavy atom. The summed E-state index contributed by atoms with van der Waals surface area (Å²) in [5.41, 5.74) is 4.93. The van der Waals surface area contributed by atoms with E-state index in [1.807, 2.05) is 23.4 Å². The van der Waals surface area contributed by atoms with Crippen molar-refractivity contribution in [1.29, 1.82) is 5.26 Å². The highest BCUT2D eigenvalue weighted by molar-refractivity contribution is 7.80. The number of para-hydroxylation sites is 3. The number of rotatable bonds is 4. The maximum Gasteiger partial charge on any atom is 0.448 e. The van der Waals surface area contributed by atoms with Crippen LogP contribution in [0.4, 0.5) is 14.4 Å². The van der Waals surface area contributed by atoms with Crippen molar-refractivity contribution in [3.8, 4) is 23.3 Å². The second kappa shape index (κ2) is 19.2. The first-order valence-electron chi connectivity index (χ1n) is 10.9. The predicted octanol–water partition coefficient (Wildman–Crippen LogP) is 6.57. The molecule has 0 heterocycles. The van der Waals surface area contributed by atoms with Crippen LogP contribution < -0.4 is 25.3 Å². The van der Waals surface area contributed by atoms with Crippen molar-refractivity contribution in [2.75, 3.05) is 0 Å². The van der Waals surface area contributed by atoms with E-state index in [2.05, 4.69) is 27.3 Å². The van der Waals surface area contributed by atoms with Crippen molar-refractivity contribution in [2.24, 2.45) is 10.7 Å². The van der Waals surface area contributed by atoms with Crippen LogP contribution in [0.3, 0.4) is 0 Å². The topological polar surface area (TPSA) is 153 Å². The van der Waals surface area contributed by atoms with E-state index in [4.69, 9.17) is 44.3 Å². The fourth-order valence-electron chi connectivity index (χ4n) is 2.32. The maximum atomic E-state index is 11.5. The minimum absolute atomic E-state index is 0.0509. The molecule has 13 heteroatoms. The third-order valence-corrected chi connectivity index (χ3v) is 4.40. The monoisotopic (exact) mass is 596 g/mol. The van der Waals surface area contributed by atoms with Gasteiger partial charge in [-0.25, -0.2) is 14.4 Å². The van der Waals surface area contributed by atoms with Crippen molar-refractivity contribution in [3.63, 3.8) is 0 Å². The van der Waals surface area contributed by atoms with Crippen LogP contribution in [0.25, 0.3) is 0 Å². The second-order valence-corrected chi connectivity index (χ2v) is 7.76. The van der Waals surface area contributed by atoms with Gasteiger partial charge in [0.25, 0.3) is 0 Å². The van der Waals surface area contributed by atoms with Gasteiger partial charge in [-0.2, -0.15) is 5.26 Å². The zero-order chi connectivity index (χ0) is 29.8. The lowest BCUT2D eigenvalue weighted by molar-refractivity contribution is 0.206. The molecule has 10 nitrogen and oxygen atoms in total. The molecule has 0 atom stereocenters. The molecule has 0 aliphatic rings. The Hall–Kier alpha value is -4.92. The average Bonchev–Trinajstić information content (AvgIpc) is 2.91. The van der Waals surface area contributed by atoms with Gasteiger partial charge in [-0.15, -0.1) is 4.99 Å². The van der Waals surface area contributed by atoms with Crippen LogP contribution in [-0.2, 0) is 0 Å². The average molecular weight is 597 g/mol. The van der Waals surface area contributed by atoms with Gasteiger partial charge in [0, 0.05) is 17.3 Å². The predicted molar refractivity (Wildman–Crippen MR) is 157 cm³/mol. The minimum Gasteiger partial charge on any atom is -0.415 e. The highest BCUT2D eigenvalue weighted by Gasteiger charge is 2.12. The molecule has 2 amide bonds. The van der Waals surface area contributed by atoms with Gasteiger partial charge in [-0.1, -0.05) is 66.8 Å². The van der Waals surface area contributed by atoms with Crippen molar-refractivity contribution in [3.05, 3.63) is 102 Å². The van der Waals surface area contributed by atoms with E-state index >= 15 is 0 Å². The fourth-order valence-corrected chi connectivity index (χ4v) is 2.78. The van der Waals surface area contributed by atoms with Gasteiger partial charge in [0.1, 0.15) is 33.9 Å². The smallest absolute Gasteiger partial charge is 0.415 e. The number of amides is 2. The number of nitrogens with two attached hydrogens (primary N) is 1. The van der Waals surface area contributed by atoms with Crippen molar-refractivity contribution >= 4 is 63.8 Å². The number of benzene rings is 3. The molecule has 0 bridgehead atoms. The molecule has 40 heavy (non-hydrogen) atoms. The number of hydrogen-bond acceptors (Lipinski definition) is 10. The lowest BCUT2D eigenvalue weighted by Crippen LogP contribution is -2.33. The van der Waals surface area contributed by atoms with E-state index < -0.39 is 17.6 Å². The summed E-state index contributed by atoms with van der Waals surface area (Å²) < 4.78 is 14.2. The van der Waals surface area contributed by atoms with Gasteiger partial charge in [0.2, 0.25) is 0 Å². The van der Waals surface area contributed by atoms with Gasteiger partial charge < -0.3 is 19.9 Å². The Morgan fingerprint density at radius 1 is 0.850 bits per heavy atom. The minimum atomic E-state index is -0.814. The summed E-state index contributed by atoms with van der Waals surface area (Å²) in [6, 6.07) is 27.6. The molecular weight excluding hydrogens is 576 g/mol. The lowest BCUT2D eigenvalue weighted by atomic mass is 10.2. The summed E-state index contributed by atoms with van der Waals surface area (Å²) in [4.78, 5) is 35.4. The van der Waals surface area contributed by atoms with Crippen LogP contribution >= 0.6 is 36.0 Å². The molecule has 3 aromatic rings. The SMILES string of the molecule is CC(N)=C(C#N)C(=S)NC(=O)Oc1ccccc1.O=C(Cl)Oc1ccccc1.O=C(N=C=S)Oc1ccccc1. The zero-order valence-electron chi connectivity index (χ0n) is 20.8. The van der Waals surface area contributed by atoms with Crippen LogP contribution in [0.15, 0.2) is 107 Å². The van der Waals surface area contributed by atoms with E-state index in [9.17, 15) is 14.4 Å². The standard InChI is InChI=1S/C12H11N3O2S.C8H5NO2S.C7H5ClO2/c1-8(14)10(7-13)11(18)15-12(16)17-9-5-3-2-4-6-9;10-8(9-6-12)11-7-4-2-1-3-5-7;8-7(9)10-6-4-2-1-3-5-6/h2-6H,14H2,1H3,(H,15,16,18);1-5H;1-5H. The molecule has 3 rings (SSSR count). The van der Waals surface area contributed by atoms with Crippen LogP contribution in [-0.4, -0.2) is 27.8 Å². The molecule has 0 saturated heterocycles. The van der Waals surface area contributed by atoms with Gasteiger partial charge in [-0.05, 0) is 55.5 Å². The number of thiocarbonyl (C=S) groups is 2. The Labute approximate surface area is 245 Å². The maximum absolute atomic E-state index is 11.5. The molecule has 0 saturated carbocycles. The Bertz CT molecular complexity index is 1410. The second-order valence-electron chi connectivity index (χ2n) is 6.86. The number of carbonyl (C=O) groups excluding carboxylic acids is 3. The molecule has 0 spiro atoms. The molecule has 0 radical (unpaired) electrons. The fraction of sp³-hybridized carbons (Fsp3) is 0.0370. The number of hydrogen-bond donors (Lipinski definition) is 2. The van der Waals surface area contributed by atoms with Crippen LogP contribution in [0.1, 0.15) is 6.92 Å². The van der Waals surface area contributed by atoms with E-state index in [1.165, 1.54) is 6.92 Å². The zero-order valence-corrected chi connectivity index (χ0v) is 23.2. The number of carbonyl (C=O) groups is 3. The third kappa shape index (κ3) is 14.7. The van der Waals surface area contributed by atoms with Gasteiger partial charge in [0.05, 0.1) is 5.16 Å². The molecule has 204 valence electrons. The molecule has 0 fully saturated rings. The number of ether oxygens (including phenoxy) is 3. The van der Waals surface area contributed by atoms with Crippen molar-refractivity contribution < 1.29 is 28.6 Å². The van der Waals surface area contributed by atoms with Crippen LogP contribution in [0.2, 0.25) is 0 Å². The van der Waals surface area contributed by atoms with E-state index in [0.29, 0.717) is 17.2 Å². The molecular formula is C27H21ClN4O6S2. The quantitative estimate of drug-likeness (QED) is 0.111. The summed E-state index contributed by atoms with van der Waals surface area (Å²) in [6.45, 7) is 1.52. The number of aliphatic imine (C=N–C) groups is 1. The first kappa shape index (κ1) is 33.1. The highest BCUT2D eigenvalue weighted by atomic mass is 35.5. The number of isothiocyanates is 1. The molecule has 0 aliphatic heterocycles. The summed E-state index contributed by atoms with van der Waals surface area (Å²) in [5.74, 6) is 1.28. The van der Waals surface area contributed by atoms with Crippen molar-refractivity contribution in [2.45, 2.75) is 6.92 Å². The van der Waals surface area contributed by atoms with Crippen LogP contribution in [0, 0.1) is 11.3 Å². The van der Waals surface area contributed by atoms with Gasteiger partial charge in [0.15, 0.2) is 0 Å². The lowest BCUT2D eigenvalue weighted by Gasteiger charge is -2.07. The van der Waals surface area contributed by atoms with Crippen molar-refractivity contribution in [1.82, 2.24) is 5.32 Å². The van der Waals surface area contributed by atoms with Crippen LogP contribution in [0.5, 0.6) is 17.2 Å². The summed E-state index contributed by atoms with van der Waals surface area (Å²) in [5, 5.41) is 13.0. The number of nitrogens with one attached hydrogen (secondary N) is 1. The largest absolute Gasteiger partial charge is 0.448 e. The summed E-state index contributed by atoms with van der Waals surface area (Å²) in [7, 11) is 0. The first-order chi connectivity index (χ1) is 19.2. The molecule has 0 aliphatic carbocycles. The number of nitrogens with zero attached hydrogens (tertiary/aromatic N) is 2. The molecule has 0 unspecified atom stereocenters. The number of nitriles is 1. The van der Waals surface area contributed by atoms with E-state index in [-0.39, 0.29) is 16.3 Å². The number of allylic oxidation sites excluding steroid dienone is 1. The first-order valence-corrected chi connectivity index (χ1v) is 12.1. The Kier molecular flexibility index (Phi) is 15.9. The van der Waals surface area contributed by atoms with Gasteiger partial charge >= 0.3 is 17.6 Å². The Morgan fingerprint density at radius 2 is 1.27 bits per heavy atom. The Balaban J connectivity index is 0.000000316. The molecule has 3 N–H and O–H groups in total. The summed E-state index contributed by atoms with van der Waals surface area (Å²) >= 11 is 14.0. The van der Waals surface area contributed by atoms with Gasteiger partial charge in [-0.3, -0.25) is 5.32 Å². The number of halogens is 1. The molecule has 0 aromatic heterocycles.